The number of nitrogens with zero attached hydrogens (tertiary/aromatic N) is 5. The molecule has 4 heterocycles. The summed E-state index contributed by atoms with van der Waals surface area (Å²) in [5, 5.41) is 9.71. The van der Waals surface area contributed by atoms with Crippen LogP contribution in [0, 0.1) is 6.92 Å². The fraction of sp³-hybridized carbons (Fsp3) is 0.385. The normalized spacial score (nSPS) is 16.0. The summed E-state index contributed by atoms with van der Waals surface area (Å²) in [6, 6.07) is 25.2. The van der Waals surface area contributed by atoms with E-state index in [1.165, 1.54) is 0 Å². The smallest absolute Gasteiger partial charge is 0.410 e. The SMILES string of the molecule is Cc1cc(CC(OC(=O)N2CCC(N3Cc4ccccc4NC3=O)CC2)c2ccc3ccccc3n2)cc2cnn(COCC[Si](C)(C)C)c12. The number of urea groups is 1. The summed E-state index contributed by atoms with van der Waals surface area (Å²) in [7, 11) is -1.17. The van der Waals surface area contributed by atoms with Crippen LogP contribution in [0.5, 0.6) is 0 Å². The third kappa shape index (κ3) is 7.53. The summed E-state index contributed by atoms with van der Waals surface area (Å²) < 4.78 is 14.3. The number of aryl methyl sites for hydroxylation is 1. The lowest BCUT2D eigenvalue weighted by Gasteiger charge is -2.40. The predicted octanol–water partition coefficient (Wildman–Crippen LogP) is 8.14. The third-order valence-electron chi connectivity index (χ3n) is 9.83. The second kappa shape index (κ2) is 14.2. The molecule has 0 saturated carbocycles. The van der Waals surface area contributed by atoms with Gasteiger partial charge in [-0.2, -0.15) is 5.10 Å². The van der Waals surface area contributed by atoms with Crippen molar-refractivity contribution in [2.75, 3.05) is 25.0 Å². The largest absolute Gasteiger partial charge is 0.439 e. The molecule has 2 aliphatic rings. The molecule has 3 aromatic carbocycles. The molecule has 1 unspecified atom stereocenters. The summed E-state index contributed by atoms with van der Waals surface area (Å²) in [6.45, 7) is 11.9. The number of benzene rings is 3. The Hall–Kier alpha value is -4.74. The number of piperidine rings is 1. The van der Waals surface area contributed by atoms with Gasteiger partial charge in [-0.25, -0.2) is 19.3 Å². The monoisotopic (exact) mass is 690 g/mol. The summed E-state index contributed by atoms with van der Waals surface area (Å²) in [5.41, 5.74) is 6.71. The van der Waals surface area contributed by atoms with Crippen molar-refractivity contribution in [1.82, 2.24) is 24.6 Å². The number of rotatable bonds is 10. The highest BCUT2D eigenvalue weighted by molar-refractivity contribution is 6.76. The van der Waals surface area contributed by atoms with Crippen LogP contribution in [0.4, 0.5) is 15.3 Å². The number of ether oxygens (including phenoxy) is 2. The Bertz CT molecular complexity index is 2020. The lowest BCUT2D eigenvalue weighted by atomic mass is 10.00. The van der Waals surface area contributed by atoms with Crippen molar-refractivity contribution in [2.45, 2.75) is 77.3 Å². The van der Waals surface area contributed by atoms with E-state index in [1.807, 2.05) is 76.4 Å². The second-order valence-electron chi connectivity index (χ2n) is 14.8. The molecule has 260 valence electrons. The van der Waals surface area contributed by atoms with Gasteiger partial charge in [-0.3, -0.25) is 0 Å². The molecule has 11 heteroatoms. The molecule has 5 aromatic rings. The van der Waals surface area contributed by atoms with E-state index in [0.717, 1.165) is 56.8 Å². The molecule has 10 nitrogen and oxygen atoms in total. The minimum absolute atomic E-state index is 0.0479. The van der Waals surface area contributed by atoms with Gasteiger partial charge >= 0.3 is 12.1 Å². The highest BCUT2D eigenvalue weighted by atomic mass is 28.3. The van der Waals surface area contributed by atoms with Crippen LogP contribution in [0.25, 0.3) is 21.8 Å². The number of fused-ring (bicyclic) bond motifs is 3. The van der Waals surface area contributed by atoms with Gasteiger partial charge in [0.2, 0.25) is 0 Å². The van der Waals surface area contributed by atoms with E-state index in [4.69, 9.17) is 14.5 Å². The molecular formula is C39H46N6O4Si. The fourth-order valence-corrected chi connectivity index (χ4v) is 7.78. The molecule has 2 aliphatic heterocycles. The first kappa shape index (κ1) is 33.7. The molecule has 1 atom stereocenters. The quantitative estimate of drug-likeness (QED) is 0.117. The van der Waals surface area contributed by atoms with E-state index < -0.39 is 14.2 Å². The first-order chi connectivity index (χ1) is 24.1. The molecule has 7 rings (SSSR count). The van der Waals surface area contributed by atoms with Crippen LogP contribution in [0.1, 0.15) is 41.3 Å². The van der Waals surface area contributed by atoms with E-state index >= 15 is 0 Å². The Morgan fingerprint density at radius 2 is 1.78 bits per heavy atom. The van der Waals surface area contributed by atoms with Crippen LogP contribution >= 0.6 is 0 Å². The van der Waals surface area contributed by atoms with Gasteiger partial charge in [0.15, 0.2) is 0 Å². The van der Waals surface area contributed by atoms with Crippen molar-refractivity contribution in [3.8, 4) is 0 Å². The van der Waals surface area contributed by atoms with Gasteiger partial charge in [0.1, 0.15) is 12.8 Å². The Labute approximate surface area is 294 Å². The zero-order valence-corrected chi connectivity index (χ0v) is 30.4. The summed E-state index contributed by atoms with van der Waals surface area (Å²) in [5.74, 6) is 0. The van der Waals surface area contributed by atoms with Crippen LogP contribution in [0.3, 0.4) is 0 Å². The van der Waals surface area contributed by atoms with Crippen LogP contribution < -0.4 is 5.32 Å². The van der Waals surface area contributed by atoms with Gasteiger partial charge < -0.3 is 24.6 Å². The lowest BCUT2D eigenvalue weighted by molar-refractivity contribution is 0.0464. The number of likely N-dealkylation sites (tertiary alicyclic amines) is 1. The number of pyridine rings is 1. The maximum Gasteiger partial charge on any atom is 0.410 e. The third-order valence-corrected chi connectivity index (χ3v) is 11.5. The summed E-state index contributed by atoms with van der Waals surface area (Å²) in [6.07, 6.45) is 2.77. The zero-order valence-electron chi connectivity index (χ0n) is 29.4. The zero-order chi connectivity index (χ0) is 34.8. The van der Waals surface area contributed by atoms with E-state index in [-0.39, 0.29) is 18.2 Å². The van der Waals surface area contributed by atoms with E-state index in [2.05, 4.69) is 49.1 Å². The first-order valence-electron chi connectivity index (χ1n) is 17.6. The topological polar surface area (TPSA) is 102 Å². The Morgan fingerprint density at radius 3 is 2.60 bits per heavy atom. The van der Waals surface area contributed by atoms with Gasteiger partial charge in [-0.15, -0.1) is 0 Å². The molecule has 0 radical (unpaired) electrons. The number of hydrogen-bond acceptors (Lipinski definition) is 6. The van der Waals surface area contributed by atoms with Crippen molar-refractivity contribution in [3.05, 3.63) is 101 Å². The molecule has 2 aromatic heterocycles. The number of nitrogens with one attached hydrogen (secondary N) is 1. The van der Waals surface area contributed by atoms with Gasteiger partial charge in [0.25, 0.3) is 0 Å². The molecule has 3 amide bonds. The summed E-state index contributed by atoms with van der Waals surface area (Å²) >= 11 is 0. The average Bonchev–Trinajstić information content (AvgIpc) is 3.52. The van der Waals surface area contributed by atoms with E-state index in [1.54, 1.807) is 4.90 Å². The lowest BCUT2D eigenvalue weighted by Crippen LogP contribution is -2.51. The Kier molecular flexibility index (Phi) is 9.61. The standard InChI is InChI=1S/C39H46N6O4Si/c1-27-21-28(22-31-24-40-45(37(27)31)26-48-19-20-50(2,3)4)23-36(35-14-13-29-9-5-7-11-33(29)41-35)49-39(47)43-17-15-32(16-18-43)44-25-30-10-6-8-12-34(30)42-38(44)46/h5-14,21-22,24,32,36H,15-20,23,25-26H2,1-4H3,(H,42,46). The number of aromatic nitrogens is 3. The van der Waals surface area contributed by atoms with Gasteiger partial charge in [0.05, 0.1) is 22.9 Å². The number of para-hydroxylation sites is 2. The maximum absolute atomic E-state index is 13.8. The van der Waals surface area contributed by atoms with Crippen LogP contribution in [-0.2, 0) is 29.2 Å². The molecule has 1 N–H and O–H groups in total. The summed E-state index contributed by atoms with van der Waals surface area (Å²) in [4.78, 5) is 35.3. The molecule has 0 bridgehead atoms. The number of anilines is 1. The molecule has 1 fully saturated rings. The van der Waals surface area contributed by atoms with Crippen LogP contribution in [-0.4, -0.2) is 70.5 Å². The van der Waals surface area contributed by atoms with Crippen LogP contribution in [0.2, 0.25) is 25.7 Å². The second-order valence-corrected chi connectivity index (χ2v) is 20.4. The number of carbonyl (C=O) groups is 2. The van der Waals surface area contributed by atoms with Gasteiger partial charge in [0, 0.05) is 63.2 Å². The van der Waals surface area contributed by atoms with Crippen LogP contribution in [0.15, 0.2) is 79.0 Å². The number of hydrogen-bond donors (Lipinski definition) is 1. The molecule has 0 aliphatic carbocycles. The minimum atomic E-state index is -1.17. The molecular weight excluding hydrogens is 645 g/mol. The number of carbonyl (C=O) groups excluding carboxylic acids is 2. The van der Waals surface area contributed by atoms with E-state index in [0.29, 0.717) is 51.3 Å². The number of amides is 3. The minimum Gasteiger partial charge on any atom is -0.439 e. The highest BCUT2D eigenvalue weighted by Gasteiger charge is 2.34. The Morgan fingerprint density at radius 1 is 1.00 bits per heavy atom. The van der Waals surface area contributed by atoms with Crippen molar-refractivity contribution >= 4 is 47.7 Å². The average molecular weight is 691 g/mol. The van der Waals surface area contributed by atoms with Crippen molar-refractivity contribution in [2.24, 2.45) is 0 Å². The van der Waals surface area contributed by atoms with Crippen molar-refractivity contribution in [3.63, 3.8) is 0 Å². The van der Waals surface area contributed by atoms with Gasteiger partial charge in [-0.05, 0) is 66.8 Å². The predicted molar refractivity (Wildman–Crippen MR) is 199 cm³/mol. The molecule has 0 spiro atoms. The maximum atomic E-state index is 13.8. The fourth-order valence-electron chi connectivity index (χ4n) is 7.03. The Balaban J connectivity index is 1.06. The van der Waals surface area contributed by atoms with Gasteiger partial charge in [-0.1, -0.05) is 68.2 Å². The first-order valence-corrected chi connectivity index (χ1v) is 21.3. The van der Waals surface area contributed by atoms with Crippen molar-refractivity contribution < 1.29 is 19.1 Å². The van der Waals surface area contributed by atoms with Crippen molar-refractivity contribution in [1.29, 1.82) is 0 Å². The highest BCUT2D eigenvalue weighted by Crippen LogP contribution is 2.31. The van der Waals surface area contributed by atoms with E-state index in [9.17, 15) is 9.59 Å². The molecule has 50 heavy (non-hydrogen) atoms. The molecule has 1 saturated heterocycles.